The van der Waals surface area contributed by atoms with E-state index < -0.39 is 0 Å². The van der Waals surface area contributed by atoms with E-state index >= 15 is 0 Å². The third kappa shape index (κ3) is 2.57. The van der Waals surface area contributed by atoms with Gasteiger partial charge in [0.2, 0.25) is 0 Å². The van der Waals surface area contributed by atoms with Crippen molar-refractivity contribution in [2.45, 2.75) is 51.2 Å². The van der Waals surface area contributed by atoms with Crippen molar-refractivity contribution in [1.82, 2.24) is 15.5 Å². The Balaban J connectivity index is 2.13. The first-order chi connectivity index (χ1) is 8.35. The van der Waals surface area contributed by atoms with Crippen LogP contribution in [-0.4, -0.2) is 54.7 Å². The fraction of sp³-hybridized carbons (Fsp3) is 1.00. The second-order valence-corrected chi connectivity index (χ2v) is 6.99. The Hall–Kier alpha value is -0.160. The number of hydrogen-bond acceptors (Lipinski definition) is 4. The van der Waals surface area contributed by atoms with Crippen LogP contribution in [0.25, 0.3) is 0 Å². The molecule has 0 spiro atoms. The van der Waals surface area contributed by atoms with E-state index in [-0.39, 0.29) is 17.1 Å². The van der Waals surface area contributed by atoms with Gasteiger partial charge in [0.1, 0.15) is 0 Å². The fourth-order valence-electron chi connectivity index (χ4n) is 3.50. The van der Waals surface area contributed by atoms with Crippen molar-refractivity contribution in [2.24, 2.45) is 11.7 Å². The van der Waals surface area contributed by atoms with Crippen LogP contribution in [0.15, 0.2) is 0 Å². The zero-order valence-corrected chi connectivity index (χ0v) is 12.4. The van der Waals surface area contributed by atoms with Gasteiger partial charge in [-0.3, -0.25) is 4.90 Å². The standard InChI is InChI=1S/C14H30N4/c1-11-7-14(4,17-8-11)13(2,3)18-6-5-16-9-12(15)10-18/h11-12,16-17H,5-10,15H2,1-4H3. The molecule has 4 nitrogen and oxygen atoms in total. The summed E-state index contributed by atoms with van der Waals surface area (Å²) < 4.78 is 0. The Morgan fingerprint density at radius 2 is 2.06 bits per heavy atom. The van der Waals surface area contributed by atoms with Gasteiger partial charge in [-0.05, 0) is 39.7 Å². The molecule has 18 heavy (non-hydrogen) atoms. The monoisotopic (exact) mass is 254 g/mol. The number of hydrogen-bond donors (Lipinski definition) is 3. The van der Waals surface area contributed by atoms with E-state index in [1.807, 2.05) is 0 Å². The molecule has 2 heterocycles. The largest absolute Gasteiger partial charge is 0.325 e. The van der Waals surface area contributed by atoms with Crippen LogP contribution >= 0.6 is 0 Å². The Bertz CT molecular complexity index is 292. The maximum Gasteiger partial charge on any atom is 0.0335 e. The van der Waals surface area contributed by atoms with Crippen molar-refractivity contribution in [3.8, 4) is 0 Å². The van der Waals surface area contributed by atoms with Crippen molar-refractivity contribution in [2.75, 3.05) is 32.7 Å². The molecule has 2 aliphatic heterocycles. The molecule has 0 amide bonds. The third-order valence-corrected chi connectivity index (χ3v) is 5.16. The molecular weight excluding hydrogens is 224 g/mol. The van der Waals surface area contributed by atoms with Gasteiger partial charge < -0.3 is 16.4 Å². The quantitative estimate of drug-likeness (QED) is 0.667. The summed E-state index contributed by atoms with van der Waals surface area (Å²) in [6, 6.07) is 0.245. The summed E-state index contributed by atoms with van der Waals surface area (Å²) in [5.74, 6) is 0.771. The lowest BCUT2D eigenvalue weighted by Crippen LogP contribution is -2.65. The first-order valence-corrected chi connectivity index (χ1v) is 7.31. The highest BCUT2D eigenvalue weighted by atomic mass is 15.3. The van der Waals surface area contributed by atoms with E-state index in [4.69, 9.17) is 5.73 Å². The first-order valence-electron chi connectivity index (χ1n) is 7.31. The van der Waals surface area contributed by atoms with Gasteiger partial charge in [-0.15, -0.1) is 0 Å². The summed E-state index contributed by atoms with van der Waals surface area (Å²) in [4.78, 5) is 2.57. The number of nitrogens with two attached hydrogens (primary N) is 1. The molecule has 2 saturated heterocycles. The van der Waals surface area contributed by atoms with Crippen LogP contribution in [-0.2, 0) is 0 Å². The van der Waals surface area contributed by atoms with E-state index in [1.165, 1.54) is 6.42 Å². The summed E-state index contributed by atoms with van der Waals surface area (Å²) in [5, 5.41) is 7.18. The summed E-state index contributed by atoms with van der Waals surface area (Å²) in [5.41, 5.74) is 6.50. The van der Waals surface area contributed by atoms with E-state index in [2.05, 4.69) is 43.2 Å². The molecule has 0 aliphatic carbocycles. The molecule has 0 aromatic heterocycles. The molecule has 3 unspecified atom stereocenters. The van der Waals surface area contributed by atoms with E-state index in [9.17, 15) is 0 Å². The highest BCUT2D eigenvalue weighted by molar-refractivity contribution is 5.09. The first kappa shape index (κ1) is 14.3. The maximum absolute atomic E-state index is 6.17. The van der Waals surface area contributed by atoms with Crippen molar-refractivity contribution in [1.29, 1.82) is 0 Å². The zero-order chi connectivity index (χ0) is 13.4. The molecule has 0 aromatic rings. The van der Waals surface area contributed by atoms with E-state index in [1.54, 1.807) is 0 Å². The molecule has 0 radical (unpaired) electrons. The van der Waals surface area contributed by atoms with Crippen molar-refractivity contribution in [3.05, 3.63) is 0 Å². The normalized spacial score (nSPS) is 39.8. The summed E-state index contributed by atoms with van der Waals surface area (Å²) >= 11 is 0. The average molecular weight is 254 g/mol. The molecule has 4 N–H and O–H groups in total. The Morgan fingerprint density at radius 3 is 2.67 bits per heavy atom. The molecule has 2 rings (SSSR count). The van der Waals surface area contributed by atoms with Crippen LogP contribution in [0.3, 0.4) is 0 Å². The van der Waals surface area contributed by atoms with E-state index in [0.717, 1.165) is 38.6 Å². The van der Waals surface area contributed by atoms with Crippen LogP contribution in [0.5, 0.6) is 0 Å². The van der Waals surface area contributed by atoms with Crippen molar-refractivity contribution >= 4 is 0 Å². The van der Waals surface area contributed by atoms with Crippen LogP contribution in [0.1, 0.15) is 34.1 Å². The zero-order valence-electron chi connectivity index (χ0n) is 12.4. The molecule has 0 bridgehead atoms. The minimum atomic E-state index is 0.140. The molecule has 2 aliphatic rings. The SMILES string of the molecule is CC1CNC(C)(C(C)(C)N2CCNCC(N)C2)C1. The number of rotatable bonds is 2. The predicted molar refractivity (Wildman–Crippen MR) is 76.7 cm³/mol. The van der Waals surface area contributed by atoms with Crippen LogP contribution in [0.4, 0.5) is 0 Å². The Labute approximate surface area is 112 Å². The molecule has 4 heteroatoms. The lowest BCUT2D eigenvalue weighted by molar-refractivity contribution is 0.0408. The van der Waals surface area contributed by atoms with Crippen LogP contribution in [0, 0.1) is 5.92 Å². The Kier molecular flexibility index (Phi) is 4.02. The number of nitrogens with zero attached hydrogens (tertiary/aromatic N) is 1. The van der Waals surface area contributed by atoms with Crippen LogP contribution in [0.2, 0.25) is 0 Å². The van der Waals surface area contributed by atoms with Gasteiger partial charge >= 0.3 is 0 Å². The molecule has 3 atom stereocenters. The second-order valence-electron chi connectivity index (χ2n) is 6.99. The third-order valence-electron chi connectivity index (χ3n) is 5.16. The van der Waals surface area contributed by atoms with Crippen molar-refractivity contribution in [3.63, 3.8) is 0 Å². The molecule has 2 fully saturated rings. The van der Waals surface area contributed by atoms with Gasteiger partial charge in [-0.25, -0.2) is 0 Å². The topological polar surface area (TPSA) is 53.3 Å². The van der Waals surface area contributed by atoms with E-state index in [0.29, 0.717) is 0 Å². The number of nitrogens with one attached hydrogen (secondary N) is 2. The highest BCUT2D eigenvalue weighted by Gasteiger charge is 2.48. The second kappa shape index (κ2) is 5.08. The lowest BCUT2D eigenvalue weighted by Gasteiger charge is -2.50. The summed E-state index contributed by atoms with van der Waals surface area (Å²) in [7, 11) is 0. The molecule has 0 saturated carbocycles. The fourth-order valence-corrected chi connectivity index (χ4v) is 3.50. The van der Waals surface area contributed by atoms with Crippen molar-refractivity contribution < 1.29 is 0 Å². The average Bonchev–Trinajstić information content (AvgIpc) is 2.50. The van der Waals surface area contributed by atoms with Gasteiger partial charge in [0.25, 0.3) is 0 Å². The van der Waals surface area contributed by atoms with Gasteiger partial charge in [0.15, 0.2) is 0 Å². The Morgan fingerprint density at radius 1 is 1.33 bits per heavy atom. The minimum absolute atomic E-state index is 0.140. The van der Waals surface area contributed by atoms with Gasteiger partial charge in [-0.1, -0.05) is 6.92 Å². The highest BCUT2D eigenvalue weighted by Crippen LogP contribution is 2.37. The molecule has 0 aromatic carbocycles. The predicted octanol–water partition coefficient (Wildman–Crippen LogP) is 0.386. The van der Waals surface area contributed by atoms with Gasteiger partial charge in [-0.2, -0.15) is 0 Å². The molecule has 106 valence electrons. The van der Waals surface area contributed by atoms with Crippen LogP contribution < -0.4 is 16.4 Å². The molecular formula is C14H30N4. The summed E-state index contributed by atoms with van der Waals surface area (Å²) in [6.45, 7) is 14.7. The maximum atomic E-state index is 6.17. The smallest absolute Gasteiger partial charge is 0.0335 e. The van der Waals surface area contributed by atoms with Gasteiger partial charge in [0, 0.05) is 43.3 Å². The minimum Gasteiger partial charge on any atom is -0.325 e. The summed E-state index contributed by atoms with van der Waals surface area (Å²) in [6.07, 6.45) is 1.25. The van der Waals surface area contributed by atoms with Gasteiger partial charge in [0.05, 0.1) is 0 Å². The lowest BCUT2D eigenvalue weighted by atomic mass is 9.76.